The van der Waals surface area contributed by atoms with Gasteiger partial charge in [0.05, 0.1) is 13.7 Å². The van der Waals surface area contributed by atoms with Gasteiger partial charge in [-0.25, -0.2) is 0 Å². The number of aliphatic imine (C=N–C) groups is 1. The molecule has 25 heavy (non-hydrogen) atoms. The number of amides is 1. The smallest absolute Gasteiger partial charge is 0.406 e. The standard InChI is InChI=1S/C15H21F3N4O2.HI/c1-19-14(20-8-11-5-4-6-12(7-11)24-3)21-9-13(23)22(2)10-15(16,17)18;/h4-7H,8-10H2,1-3H3,(H2,19,20,21);1H. The number of ether oxygens (including phenoxy) is 1. The Bertz CT molecular complexity index is 582. The molecule has 1 amide bonds. The minimum absolute atomic E-state index is 0. The third-order valence-corrected chi connectivity index (χ3v) is 3.07. The zero-order valence-electron chi connectivity index (χ0n) is 14.2. The van der Waals surface area contributed by atoms with Crippen molar-refractivity contribution in [1.82, 2.24) is 15.5 Å². The molecule has 0 saturated carbocycles. The fourth-order valence-corrected chi connectivity index (χ4v) is 1.84. The average Bonchev–Trinajstić information content (AvgIpc) is 2.53. The molecule has 0 aromatic heterocycles. The summed E-state index contributed by atoms with van der Waals surface area (Å²) in [4.78, 5) is 16.2. The van der Waals surface area contributed by atoms with Crippen LogP contribution in [-0.2, 0) is 11.3 Å². The van der Waals surface area contributed by atoms with Crippen LogP contribution in [0.3, 0.4) is 0 Å². The molecule has 0 saturated heterocycles. The lowest BCUT2D eigenvalue weighted by Crippen LogP contribution is -2.45. The van der Waals surface area contributed by atoms with Crippen LogP contribution < -0.4 is 15.4 Å². The van der Waals surface area contributed by atoms with Crippen LogP contribution in [0.15, 0.2) is 29.3 Å². The van der Waals surface area contributed by atoms with Gasteiger partial charge in [-0.1, -0.05) is 12.1 Å². The van der Waals surface area contributed by atoms with E-state index >= 15 is 0 Å². The second-order valence-electron chi connectivity index (χ2n) is 5.00. The summed E-state index contributed by atoms with van der Waals surface area (Å²) < 4.78 is 41.8. The number of nitrogens with zero attached hydrogens (tertiary/aromatic N) is 2. The molecule has 0 heterocycles. The third kappa shape index (κ3) is 9.37. The number of alkyl halides is 3. The Balaban J connectivity index is 0.00000576. The first-order chi connectivity index (χ1) is 11.2. The highest BCUT2D eigenvalue weighted by Crippen LogP contribution is 2.15. The molecule has 142 valence electrons. The molecule has 1 aromatic rings. The van der Waals surface area contributed by atoms with Gasteiger partial charge in [0.1, 0.15) is 12.3 Å². The van der Waals surface area contributed by atoms with E-state index in [1.165, 1.54) is 7.05 Å². The Hall–Kier alpha value is -1.72. The number of carbonyl (C=O) groups is 1. The van der Waals surface area contributed by atoms with Gasteiger partial charge in [0.2, 0.25) is 5.91 Å². The first-order valence-corrected chi connectivity index (χ1v) is 7.13. The molecule has 0 unspecified atom stereocenters. The highest BCUT2D eigenvalue weighted by molar-refractivity contribution is 14.0. The Morgan fingerprint density at radius 3 is 2.56 bits per heavy atom. The van der Waals surface area contributed by atoms with Crippen molar-refractivity contribution in [3.05, 3.63) is 29.8 Å². The van der Waals surface area contributed by atoms with Gasteiger partial charge in [-0.3, -0.25) is 9.79 Å². The Morgan fingerprint density at radius 1 is 1.32 bits per heavy atom. The molecule has 0 radical (unpaired) electrons. The molecule has 1 aromatic carbocycles. The molecule has 10 heteroatoms. The normalized spacial score (nSPS) is 11.4. The van der Waals surface area contributed by atoms with E-state index in [-0.39, 0.29) is 30.5 Å². The number of benzene rings is 1. The second kappa shape index (κ2) is 11.0. The van der Waals surface area contributed by atoms with Crippen molar-refractivity contribution >= 4 is 35.8 Å². The molecule has 0 spiro atoms. The number of methoxy groups -OCH3 is 1. The van der Waals surface area contributed by atoms with Gasteiger partial charge in [0, 0.05) is 20.6 Å². The van der Waals surface area contributed by atoms with E-state index in [0.29, 0.717) is 23.2 Å². The average molecular weight is 474 g/mol. The molecule has 0 bridgehead atoms. The summed E-state index contributed by atoms with van der Waals surface area (Å²) in [5.41, 5.74) is 0.929. The summed E-state index contributed by atoms with van der Waals surface area (Å²) >= 11 is 0. The van der Waals surface area contributed by atoms with Gasteiger partial charge in [0.15, 0.2) is 5.96 Å². The van der Waals surface area contributed by atoms with Crippen LogP contribution in [0, 0.1) is 0 Å². The topological polar surface area (TPSA) is 66.0 Å². The second-order valence-corrected chi connectivity index (χ2v) is 5.00. The van der Waals surface area contributed by atoms with Crippen LogP contribution in [-0.4, -0.2) is 57.2 Å². The van der Waals surface area contributed by atoms with E-state index in [2.05, 4.69) is 15.6 Å². The fourth-order valence-electron chi connectivity index (χ4n) is 1.84. The maximum absolute atomic E-state index is 12.2. The van der Waals surface area contributed by atoms with Crippen molar-refractivity contribution in [3.63, 3.8) is 0 Å². The Morgan fingerprint density at radius 2 is 2.00 bits per heavy atom. The van der Waals surface area contributed by atoms with E-state index in [9.17, 15) is 18.0 Å². The van der Waals surface area contributed by atoms with Gasteiger partial charge in [-0.15, -0.1) is 24.0 Å². The van der Waals surface area contributed by atoms with E-state index in [0.717, 1.165) is 12.6 Å². The number of rotatable bonds is 6. The molecular weight excluding hydrogens is 452 g/mol. The summed E-state index contributed by atoms with van der Waals surface area (Å²) in [5, 5.41) is 5.65. The zero-order valence-corrected chi connectivity index (χ0v) is 16.5. The van der Waals surface area contributed by atoms with Gasteiger partial charge < -0.3 is 20.3 Å². The van der Waals surface area contributed by atoms with Gasteiger partial charge >= 0.3 is 6.18 Å². The summed E-state index contributed by atoms with van der Waals surface area (Å²) in [6.45, 7) is -1.16. The molecule has 1 rings (SSSR count). The molecule has 2 N–H and O–H groups in total. The van der Waals surface area contributed by atoms with Crippen LogP contribution in [0.1, 0.15) is 5.56 Å². The molecular formula is C15H22F3IN4O2. The van der Waals surface area contributed by atoms with Crippen molar-refractivity contribution in [2.75, 3.05) is 34.3 Å². The van der Waals surface area contributed by atoms with Crippen LogP contribution in [0.25, 0.3) is 0 Å². The van der Waals surface area contributed by atoms with E-state index in [1.807, 2.05) is 24.3 Å². The highest BCUT2D eigenvalue weighted by Gasteiger charge is 2.31. The van der Waals surface area contributed by atoms with Crippen molar-refractivity contribution in [2.45, 2.75) is 12.7 Å². The molecule has 6 nitrogen and oxygen atoms in total. The Kier molecular flexibility index (Phi) is 10.2. The molecule has 0 fully saturated rings. The van der Waals surface area contributed by atoms with E-state index < -0.39 is 18.6 Å². The van der Waals surface area contributed by atoms with Crippen LogP contribution in [0.5, 0.6) is 5.75 Å². The number of nitrogens with one attached hydrogen (secondary N) is 2. The lowest BCUT2D eigenvalue weighted by Gasteiger charge is -2.20. The predicted octanol–water partition coefficient (Wildman–Crippen LogP) is 2.00. The fraction of sp³-hybridized carbons (Fsp3) is 0.467. The van der Waals surface area contributed by atoms with Gasteiger partial charge in [-0.05, 0) is 17.7 Å². The first-order valence-electron chi connectivity index (χ1n) is 7.13. The van der Waals surface area contributed by atoms with E-state index in [4.69, 9.17) is 4.74 Å². The first kappa shape index (κ1) is 23.3. The molecule has 0 atom stereocenters. The number of carbonyl (C=O) groups excluding carboxylic acids is 1. The Labute approximate surface area is 161 Å². The van der Waals surface area contributed by atoms with Gasteiger partial charge in [0.25, 0.3) is 0 Å². The highest BCUT2D eigenvalue weighted by atomic mass is 127. The summed E-state index contributed by atoms with van der Waals surface area (Å²) in [7, 11) is 4.17. The maximum atomic E-state index is 12.2. The largest absolute Gasteiger partial charge is 0.497 e. The number of guanidine groups is 1. The monoisotopic (exact) mass is 474 g/mol. The lowest BCUT2D eigenvalue weighted by atomic mass is 10.2. The zero-order chi connectivity index (χ0) is 18.2. The molecule has 0 aliphatic carbocycles. The van der Waals surface area contributed by atoms with Crippen LogP contribution in [0.4, 0.5) is 13.2 Å². The molecule has 0 aliphatic rings. The number of likely N-dealkylation sites (N-methyl/N-ethyl adjacent to an activating group) is 1. The number of halogens is 4. The van der Waals surface area contributed by atoms with Crippen LogP contribution >= 0.6 is 24.0 Å². The van der Waals surface area contributed by atoms with Gasteiger partial charge in [-0.2, -0.15) is 13.2 Å². The van der Waals surface area contributed by atoms with Crippen molar-refractivity contribution in [3.8, 4) is 5.75 Å². The predicted molar refractivity (Wildman–Crippen MR) is 100 cm³/mol. The number of hydrogen-bond donors (Lipinski definition) is 2. The maximum Gasteiger partial charge on any atom is 0.406 e. The van der Waals surface area contributed by atoms with Crippen molar-refractivity contribution < 1.29 is 22.7 Å². The third-order valence-electron chi connectivity index (χ3n) is 3.07. The van der Waals surface area contributed by atoms with E-state index in [1.54, 1.807) is 7.11 Å². The minimum Gasteiger partial charge on any atom is -0.497 e. The molecule has 0 aliphatic heterocycles. The minimum atomic E-state index is -4.42. The SMILES string of the molecule is CN=C(NCC(=O)N(C)CC(F)(F)F)NCc1cccc(OC)c1.I. The quantitative estimate of drug-likeness (QED) is 0.376. The lowest BCUT2D eigenvalue weighted by molar-refractivity contribution is -0.157. The summed E-state index contributed by atoms with van der Waals surface area (Å²) in [6.07, 6.45) is -4.42. The number of hydrogen-bond acceptors (Lipinski definition) is 3. The van der Waals surface area contributed by atoms with Crippen LogP contribution in [0.2, 0.25) is 0 Å². The van der Waals surface area contributed by atoms with Crippen molar-refractivity contribution in [1.29, 1.82) is 0 Å². The summed E-state index contributed by atoms with van der Waals surface area (Å²) in [5.74, 6) is 0.337. The summed E-state index contributed by atoms with van der Waals surface area (Å²) in [6, 6.07) is 7.36. The van der Waals surface area contributed by atoms with Crippen molar-refractivity contribution in [2.24, 2.45) is 4.99 Å².